The van der Waals surface area contributed by atoms with Crippen LogP contribution in [-0.4, -0.2) is 49.2 Å². The highest BCUT2D eigenvalue weighted by molar-refractivity contribution is 7.80. The van der Waals surface area contributed by atoms with Gasteiger partial charge in [-0.05, 0) is 49.2 Å². The molecule has 1 aliphatic rings. The Morgan fingerprint density at radius 1 is 1.27 bits per heavy atom. The molecule has 0 bridgehead atoms. The van der Waals surface area contributed by atoms with Gasteiger partial charge >= 0.3 is 0 Å². The van der Waals surface area contributed by atoms with Gasteiger partial charge in [0.2, 0.25) is 5.91 Å². The van der Waals surface area contributed by atoms with Gasteiger partial charge in [-0.25, -0.2) is 0 Å². The van der Waals surface area contributed by atoms with Gasteiger partial charge in [0.05, 0.1) is 13.0 Å². The Labute approximate surface area is 162 Å². The number of ether oxygens (including phenoxy) is 1. The molecule has 1 fully saturated rings. The highest BCUT2D eigenvalue weighted by Gasteiger charge is 2.39. The van der Waals surface area contributed by atoms with Gasteiger partial charge in [0.1, 0.15) is 5.75 Å². The fraction of sp³-hybridized carbons (Fsp3) is 0.600. The fourth-order valence-electron chi connectivity index (χ4n) is 3.30. The molecule has 6 heteroatoms. The Balaban J connectivity index is 2.13. The second-order valence-corrected chi connectivity index (χ2v) is 7.59. The molecule has 1 amide bonds. The Morgan fingerprint density at radius 3 is 2.54 bits per heavy atom. The van der Waals surface area contributed by atoms with Crippen LogP contribution < -0.4 is 15.4 Å². The molecule has 0 radical (unpaired) electrons. The van der Waals surface area contributed by atoms with E-state index >= 15 is 0 Å². The lowest BCUT2D eigenvalue weighted by atomic mass is 9.88. The van der Waals surface area contributed by atoms with E-state index < -0.39 is 0 Å². The third-order valence-electron chi connectivity index (χ3n) is 4.84. The van der Waals surface area contributed by atoms with Gasteiger partial charge in [0.15, 0.2) is 5.11 Å². The van der Waals surface area contributed by atoms with Gasteiger partial charge in [-0.1, -0.05) is 26.0 Å². The van der Waals surface area contributed by atoms with Crippen LogP contribution >= 0.6 is 12.2 Å². The largest absolute Gasteiger partial charge is 0.497 e. The van der Waals surface area contributed by atoms with Crippen molar-refractivity contribution in [2.75, 3.05) is 33.3 Å². The lowest BCUT2D eigenvalue weighted by Crippen LogP contribution is -2.40. The summed E-state index contributed by atoms with van der Waals surface area (Å²) in [5.41, 5.74) is 1.15. The summed E-state index contributed by atoms with van der Waals surface area (Å²) in [4.78, 5) is 14.9. The van der Waals surface area contributed by atoms with Crippen LogP contribution in [0, 0.1) is 11.8 Å². The topological polar surface area (TPSA) is 53.6 Å². The Kier molecular flexibility index (Phi) is 7.69. The summed E-state index contributed by atoms with van der Waals surface area (Å²) in [5, 5.41) is 7.04. The summed E-state index contributed by atoms with van der Waals surface area (Å²) in [7, 11) is 1.66. The van der Waals surface area contributed by atoms with Crippen LogP contribution in [0.25, 0.3) is 0 Å². The van der Waals surface area contributed by atoms with E-state index in [0.717, 1.165) is 42.5 Å². The summed E-state index contributed by atoms with van der Waals surface area (Å²) in [6.45, 7) is 9.26. The zero-order chi connectivity index (χ0) is 19.1. The van der Waals surface area contributed by atoms with Gasteiger partial charge in [-0.2, -0.15) is 0 Å². The number of carbonyl (C=O) groups excluding carboxylic acids is 1. The smallest absolute Gasteiger partial charge is 0.225 e. The van der Waals surface area contributed by atoms with Crippen molar-refractivity contribution >= 4 is 23.2 Å². The van der Waals surface area contributed by atoms with Crippen LogP contribution in [0.2, 0.25) is 0 Å². The van der Waals surface area contributed by atoms with E-state index in [4.69, 9.17) is 17.0 Å². The number of amides is 1. The molecule has 2 N–H and O–H groups in total. The number of benzene rings is 1. The molecule has 0 aromatic heterocycles. The van der Waals surface area contributed by atoms with E-state index in [1.165, 1.54) is 0 Å². The second kappa shape index (κ2) is 9.76. The maximum absolute atomic E-state index is 12.8. The van der Waals surface area contributed by atoms with Crippen LogP contribution in [0.5, 0.6) is 5.75 Å². The quantitative estimate of drug-likeness (QED) is 0.716. The normalized spacial score (nSPS) is 19.5. The van der Waals surface area contributed by atoms with Crippen LogP contribution in [0.3, 0.4) is 0 Å². The van der Waals surface area contributed by atoms with Crippen molar-refractivity contribution in [3.63, 3.8) is 0 Å². The summed E-state index contributed by atoms with van der Waals surface area (Å²) in [5.74, 6) is 1.54. The number of methoxy groups -OCH3 is 1. The zero-order valence-electron chi connectivity index (χ0n) is 16.2. The molecule has 1 aromatic rings. The van der Waals surface area contributed by atoms with E-state index in [0.29, 0.717) is 12.5 Å². The molecule has 1 saturated heterocycles. The maximum atomic E-state index is 12.8. The minimum Gasteiger partial charge on any atom is -0.497 e. The van der Waals surface area contributed by atoms with E-state index in [2.05, 4.69) is 41.5 Å². The summed E-state index contributed by atoms with van der Waals surface area (Å²) >= 11 is 5.48. The van der Waals surface area contributed by atoms with Crippen molar-refractivity contribution in [1.29, 1.82) is 0 Å². The lowest BCUT2D eigenvalue weighted by molar-refractivity contribution is -0.124. The van der Waals surface area contributed by atoms with E-state index in [1.54, 1.807) is 7.11 Å². The standard InChI is InChI=1S/C20H31N3O2S/c1-5-21-20(26)23-12-17(15-6-8-16(25-4)9-7-15)18(13-23)19(24)22-11-10-14(2)3/h6-9,14,17-18H,5,10-13H2,1-4H3,(H,21,26)(H,22,24)/t17-,18-/m1/s1. The number of nitrogens with zero attached hydrogens (tertiary/aromatic N) is 1. The van der Waals surface area contributed by atoms with Crippen LogP contribution in [0.15, 0.2) is 24.3 Å². The maximum Gasteiger partial charge on any atom is 0.225 e. The number of hydrogen-bond donors (Lipinski definition) is 2. The molecule has 0 unspecified atom stereocenters. The molecule has 1 aromatic carbocycles. The molecule has 26 heavy (non-hydrogen) atoms. The average Bonchev–Trinajstić information content (AvgIpc) is 3.07. The van der Waals surface area contributed by atoms with Crippen LogP contribution in [0.4, 0.5) is 0 Å². The molecule has 0 saturated carbocycles. The monoisotopic (exact) mass is 377 g/mol. The molecular formula is C20H31N3O2S. The van der Waals surface area contributed by atoms with Crippen molar-refractivity contribution < 1.29 is 9.53 Å². The van der Waals surface area contributed by atoms with Crippen molar-refractivity contribution in [3.05, 3.63) is 29.8 Å². The fourth-order valence-corrected chi connectivity index (χ4v) is 3.60. The first-order chi connectivity index (χ1) is 12.5. The first kappa shape index (κ1) is 20.5. The second-order valence-electron chi connectivity index (χ2n) is 7.20. The van der Waals surface area contributed by atoms with Crippen molar-refractivity contribution in [1.82, 2.24) is 15.5 Å². The Hall–Kier alpha value is -1.82. The van der Waals surface area contributed by atoms with Crippen molar-refractivity contribution in [3.8, 4) is 5.75 Å². The summed E-state index contributed by atoms with van der Waals surface area (Å²) < 4.78 is 5.25. The predicted molar refractivity (Wildman–Crippen MR) is 110 cm³/mol. The van der Waals surface area contributed by atoms with Gasteiger partial charge in [-0.15, -0.1) is 0 Å². The predicted octanol–water partition coefficient (Wildman–Crippen LogP) is 2.77. The number of likely N-dealkylation sites (tertiary alicyclic amines) is 1. The Bertz CT molecular complexity index is 604. The SMILES string of the molecule is CCNC(=S)N1C[C@H](c2ccc(OC)cc2)[C@H](C(=O)NCCC(C)C)C1. The first-order valence-corrected chi connectivity index (χ1v) is 9.81. The molecule has 1 aliphatic heterocycles. The van der Waals surface area contributed by atoms with Gasteiger partial charge in [-0.3, -0.25) is 4.79 Å². The van der Waals surface area contributed by atoms with Crippen molar-refractivity contribution in [2.24, 2.45) is 11.8 Å². The minimum atomic E-state index is -0.104. The molecule has 2 rings (SSSR count). The molecule has 5 nitrogen and oxygen atoms in total. The molecule has 0 spiro atoms. The zero-order valence-corrected chi connectivity index (χ0v) is 17.1. The number of hydrogen-bond acceptors (Lipinski definition) is 3. The lowest BCUT2D eigenvalue weighted by Gasteiger charge is -2.19. The van der Waals surface area contributed by atoms with Gasteiger partial charge < -0.3 is 20.3 Å². The number of carbonyl (C=O) groups is 1. The molecule has 0 aliphatic carbocycles. The van der Waals surface area contributed by atoms with Crippen molar-refractivity contribution in [2.45, 2.75) is 33.1 Å². The van der Waals surface area contributed by atoms with E-state index in [9.17, 15) is 4.79 Å². The molecular weight excluding hydrogens is 346 g/mol. The van der Waals surface area contributed by atoms with E-state index in [1.807, 2.05) is 19.1 Å². The molecule has 1 heterocycles. The number of nitrogens with one attached hydrogen (secondary N) is 2. The third-order valence-corrected chi connectivity index (χ3v) is 5.24. The van der Waals surface area contributed by atoms with Crippen LogP contribution in [0.1, 0.15) is 38.7 Å². The number of thiocarbonyl (C=S) groups is 1. The molecule has 2 atom stereocenters. The summed E-state index contributed by atoms with van der Waals surface area (Å²) in [6.07, 6.45) is 0.991. The first-order valence-electron chi connectivity index (χ1n) is 9.40. The highest BCUT2D eigenvalue weighted by Crippen LogP contribution is 2.33. The van der Waals surface area contributed by atoms with E-state index in [-0.39, 0.29) is 17.7 Å². The minimum absolute atomic E-state index is 0.104. The van der Waals surface area contributed by atoms with Crippen LogP contribution in [-0.2, 0) is 4.79 Å². The third kappa shape index (κ3) is 5.34. The van der Waals surface area contributed by atoms with Gasteiger partial charge in [0, 0.05) is 32.1 Å². The van der Waals surface area contributed by atoms with Gasteiger partial charge in [0.25, 0.3) is 0 Å². The Morgan fingerprint density at radius 2 is 1.96 bits per heavy atom. The average molecular weight is 378 g/mol. The highest BCUT2D eigenvalue weighted by atomic mass is 32.1. The summed E-state index contributed by atoms with van der Waals surface area (Å²) in [6, 6.07) is 8.01. The number of rotatable bonds is 7. The molecule has 144 valence electrons.